The molecule has 7 nitrogen and oxygen atoms in total. The number of rotatable bonds is 5. The fourth-order valence-corrected chi connectivity index (χ4v) is 4.72. The van der Waals surface area contributed by atoms with Crippen molar-refractivity contribution >= 4 is 39.9 Å². The highest BCUT2D eigenvalue weighted by molar-refractivity contribution is 7.17. The molecule has 2 heterocycles. The molecule has 0 saturated carbocycles. The summed E-state index contributed by atoms with van der Waals surface area (Å²) in [6.45, 7) is 5.37. The number of halogens is 1. The summed E-state index contributed by atoms with van der Waals surface area (Å²) in [7, 11) is 0. The average Bonchev–Trinajstić information content (AvgIpc) is 3.31. The molecule has 174 valence electrons. The number of anilines is 1. The number of hydrogen-bond acceptors (Lipinski definition) is 7. The molecule has 1 saturated heterocycles. The van der Waals surface area contributed by atoms with Crippen LogP contribution in [0.4, 0.5) is 9.52 Å². The number of carbonyl (C=O) groups is 3. The Morgan fingerprint density at radius 1 is 1.12 bits per heavy atom. The van der Waals surface area contributed by atoms with Crippen LogP contribution < -0.4 is 4.90 Å². The molecule has 4 rings (SSSR count). The molecule has 3 aromatic rings. The number of amides is 1. The maximum absolute atomic E-state index is 13.4. The van der Waals surface area contributed by atoms with Gasteiger partial charge in [-0.15, -0.1) is 0 Å². The Balaban J connectivity index is 1.90. The molecule has 9 heteroatoms. The monoisotopic (exact) mass is 480 g/mol. The number of hydrogen-bond donors (Lipinski definition) is 1. The third-order valence-corrected chi connectivity index (χ3v) is 6.54. The molecular weight excluding hydrogens is 459 g/mol. The quantitative estimate of drug-likeness (QED) is 0.246. The molecule has 0 unspecified atom stereocenters. The van der Waals surface area contributed by atoms with Gasteiger partial charge >= 0.3 is 11.9 Å². The number of ether oxygens (including phenoxy) is 1. The number of ketones is 1. The van der Waals surface area contributed by atoms with Gasteiger partial charge < -0.3 is 9.84 Å². The van der Waals surface area contributed by atoms with Gasteiger partial charge in [0.15, 0.2) is 5.13 Å². The van der Waals surface area contributed by atoms with E-state index in [9.17, 15) is 23.9 Å². The Bertz CT molecular complexity index is 1310. The molecule has 0 radical (unpaired) electrons. The first-order chi connectivity index (χ1) is 16.2. The van der Waals surface area contributed by atoms with Gasteiger partial charge in [0.1, 0.15) is 16.5 Å². The van der Waals surface area contributed by atoms with Crippen molar-refractivity contribution < 1.29 is 28.6 Å². The predicted octanol–water partition coefficient (Wildman–Crippen LogP) is 4.70. The molecule has 0 bridgehead atoms. The van der Waals surface area contributed by atoms with Crippen molar-refractivity contribution in [2.24, 2.45) is 0 Å². The molecule has 1 amide bonds. The number of aliphatic hydroxyl groups excluding tert-OH is 1. The number of benzene rings is 2. The summed E-state index contributed by atoms with van der Waals surface area (Å²) in [6, 6.07) is 11.1. The van der Waals surface area contributed by atoms with Crippen molar-refractivity contribution in [2.45, 2.75) is 26.8 Å². The number of aromatic nitrogens is 1. The molecular formula is C25H21FN2O5S. The van der Waals surface area contributed by atoms with Crippen molar-refractivity contribution in [3.8, 4) is 0 Å². The van der Waals surface area contributed by atoms with E-state index in [4.69, 9.17) is 4.74 Å². The molecule has 1 atom stereocenters. The third-order valence-electron chi connectivity index (χ3n) is 5.41. The van der Waals surface area contributed by atoms with E-state index in [1.807, 2.05) is 19.1 Å². The summed E-state index contributed by atoms with van der Waals surface area (Å²) in [5.74, 6) is -3.29. The standard InChI is InChI=1S/C25H21FN2O5S/c1-4-33-24(32)22-14(3)27-25(34-22)28-19(15-7-5-13(2)6-8-15)18(21(30)23(28)31)20(29)16-9-11-17(26)12-10-16/h5-12,19,29H,4H2,1-3H3/b20-18+/t19-/m1/s1. The minimum atomic E-state index is -0.994. The van der Waals surface area contributed by atoms with Gasteiger partial charge in [0, 0.05) is 5.56 Å². The normalized spacial score (nSPS) is 17.3. The Morgan fingerprint density at radius 3 is 2.38 bits per heavy atom. The number of carbonyl (C=O) groups excluding carboxylic acids is 3. The van der Waals surface area contributed by atoms with Crippen LogP contribution in [-0.2, 0) is 14.3 Å². The largest absolute Gasteiger partial charge is 0.507 e. The lowest BCUT2D eigenvalue weighted by Gasteiger charge is -2.23. The summed E-state index contributed by atoms with van der Waals surface area (Å²) in [4.78, 5) is 44.4. The SMILES string of the molecule is CCOC(=O)c1sc(N2C(=O)C(=O)/C(=C(/O)c3ccc(F)cc3)[C@H]2c2ccc(C)cc2)nc1C. The maximum atomic E-state index is 13.4. The number of nitrogens with zero attached hydrogens (tertiary/aromatic N) is 2. The molecule has 2 aromatic carbocycles. The number of esters is 1. The molecule has 0 aliphatic carbocycles. The second-order valence-electron chi connectivity index (χ2n) is 7.72. The lowest BCUT2D eigenvalue weighted by molar-refractivity contribution is -0.132. The first kappa shape index (κ1) is 23.3. The zero-order valence-corrected chi connectivity index (χ0v) is 19.5. The van der Waals surface area contributed by atoms with Gasteiger partial charge in [0.05, 0.1) is 23.9 Å². The fourth-order valence-electron chi connectivity index (χ4n) is 3.73. The van der Waals surface area contributed by atoms with Crippen LogP contribution in [0.5, 0.6) is 0 Å². The molecule has 1 aliphatic heterocycles. The van der Waals surface area contributed by atoms with Crippen LogP contribution in [0.25, 0.3) is 5.76 Å². The second-order valence-corrected chi connectivity index (χ2v) is 8.70. The molecule has 1 aliphatic rings. The molecule has 34 heavy (non-hydrogen) atoms. The minimum absolute atomic E-state index is 0.131. The van der Waals surface area contributed by atoms with Gasteiger partial charge in [-0.25, -0.2) is 14.2 Å². The third kappa shape index (κ3) is 4.10. The van der Waals surface area contributed by atoms with E-state index in [0.717, 1.165) is 29.0 Å². The van der Waals surface area contributed by atoms with E-state index in [-0.39, 0.29) is 27.8 Å². The van der Waals surface area contributed by atoms with Gasteiger partial charge in [-0.05, 0) is 50.6 Å². The minimum Gasteiger partial charge on any atom is -0.507 e. The summed E-state index contributed by atoms with van der Waals surface area (Å²) in [6.07, 6.45) is 0. The lowest BCUT2D eigenvalue weighted by atomic mass is 9.95. The highest BCUT2D eigenvalue weighted by Gasteiger charge is 2.48. The summed E-state index contributed by atoms with van der Waals surface area (Å²) >= 11 is 0.937. The van der Waals surface area contributed by atoms with Crippen molar-refractivity contribution in [3.63, 3.8) is 0 Å². The summed E-state index contributed by atoms with van der Waals surface area (Å²) < 4.78 is 18.5. The lowest BCUT2D eigenvalue weighted by Crippen LogP contribution is -2.29. The number of aryl methyl sites for hydroxylation is 2. The average molecular weight is 481 g/mol. The van der Waals surface area contributed by atoms with Crippen LogP contribution in [0.2, 0.25) is 0 Å². The van der Waals surface area contributed by atoms with E-state index in [1.165, 1.54) is 17.0 Å². The van der Waals surface area contributed by atoms with Crippen molar-refractivity contribution in [1.82, 2.24) is 4.98 Å². The van der Waals surface area contributed by atoms with Crippen LogP contribution in [0.1, 0.15) is 45.0 Å². The van der Waals surface area contributed by atoms with Crippen molar-refractivity contribution in [3.05, 3.63) is 87.2 Å². The number of aliphatic hydroxyl groups is 1. The van der Waals surface area contributed by atoms with Gasteiger partial charge in [0.2, 0.25) is 0 Å². The second kappa shape index (κ2) is 9.18. The van der Waals surface area contributed by atoms with Crippen molar-refractivity contribution in [1.29, 1.82) is 0 Å². The number of Topliss-reactive ketones (excluding diaryl/α,β-unsaturated/α-hetero) is 1. The van der Waals surface area contributed by atoms with Gasteiger partial charge in [0.25, 0.3) is 5.78 Å². The van der Waals surface area contributed by atoms with Gasteiger partial charge in [-0.2, -0.15) is 0 Å². The van der Waals surface area contributed by atoms with E-state index in [0.29, 0.717) is 11.3 Å². The summed E-state index contributed by atoms with van der Waals surface area (Å²) in [5.41, 5.74) is 1.94. The highest BCUT2D eigenvalue weighted by atomic mass is 32.1. The van der Waals surface area contributed by atoms with E-state index in [1.54, 1.807) is 26.0 Å². The maximum Gasteiger partial charge on any atom is 0.350 e. The van der Waals surface area contributed by atoms with E-state index >= 15 is 0 Å². The topological polar surface area (TPSA) is 96.8 Å². The Kier molecular flexibility index (Phi) is 6.30. The fraction of sp³-hybridized carbons (Fsp3) is 0.200. The van der Waals surface area contributed by atoms with Crippen LogP contribution in [0.15, 0.2) is 54.1 Å². The van der Waals surface area contributed by atoms with Crippen LogP contribution >= 0.6 is 11.3 Å². The zero-order valence-electron chi connectivity index (χ0n) is 18.7. The number of thiazole rings is 1. The first-order valence-electron chi connectivity index (χ1n) is 10.5. The smallest absolute Gasteiger partial charge is 0.350 e. The Morgan fingerprint density at radius 2 is 1.76 bits per heavy atom. The highest BCUT2D eigenvalue weighted by Crippen LogP contribution is 2.44. The van der Waals surface area contributed by atoms with Gasteiger partial charge in [-0.1, -0.05) is 41.2 Å². The molecule has 0 spiro atoms. The first-order valence-corrected chi connectivity index (χ1v) is 11.3. The molecule has 1 fully saturated rings. The Hall–Kier alpha value is -3.85. The van der Waals surface area contributed by atoms with E-state index in [2.05, 4.69) is 4.98 Å². The molecule has 1 N–H and O–H groups in total. The van der Waals surface area contributed by atoms with Crippen LogP contribution in [0.3, 0.4) is 0 Å². The summed E-state index contributed by atoms with van der Waals surface area (Å²) in [5, 5.41) is 11.2. The van der Waals surface area contributed by atoms with Crippen molar-refractivity contribution in [2.75, 3.05) is 11.5 Å². The Labute approximate surface area is 199 Å². The predicted molar refractivity (Wildman–Crippen MR) is 125 cm³/mol. The van der Waals surface area contributed by atoms with E-state index < -0.39 is 35.3 Å². The van der Waals surface area contributed by atoms with Gasteiger partial charge in [-0.3, -0.25) is 14.5 Å². The zero-order chi connectivity index (χ0) is 24.6. The van der Waals surface area contributed by atoms with Crippen LogP contribution in [-0.4, -0.2) is 34.4 Å². The molecule has 1 aromatic heterocycles. The van der Waals surface area contributed by atoms with Crippen LogP contribution in [0, 0.1) is 19.7 Å².